The maximum atomic E-state index is 13.7. The molecule has 104 valence electrons. The highest BCUT2D eigenvalue weighted by Gasteiger charge is 2.25. The first-order chi connectivity index (χ1) is 9.65. The molecule has 20 heavy (non-hydrogen) atoms. The number of non-ortho nitro benzene ring substituents is 1. The van der Waals surface area contributed by atoms with Gasteiger partial charge in [0.1, 0.15) is 6.33 Å². The van der Waals surface area contributed by atoms with Gasteiger partial charge in [0, 0.05) is 12.1 Å². The lowest BCUT2D eigenvalue weighted by molar-refractivity contribution is -0.385. The highest BCUT2D eigenvalue weighted by Crippen LogP contribution is 2.35. The van der Waals surface area contributed by atoms with Crippen LogP contribution in [-0.2, 0) is 6.54 Å². The maximum Gasteiger partial charge on any atom is 0.272 e. The Morgan fingerprint density at radius 2 is 2.30 bits per heavy atom. The highest BCUT2D eigenvalue weighted by atomic mass is 19.1. The highest BCUT2D eigenvalue weighted by molar-refractivity contribution is 5.50. The summed E-state index contributed by atoms with van der Waals surface area (Å²) in [4.78, 5) is 9.90. The number of anilines is 1. The number of hydrogen-bond donors (Lipinski definition) is 1. The summed E-state index contributed by atoms with van der Waals surface area (Å²) in [7, 11) is 0. The lowest BCUT2D eigenvalue weighted by atomic mass is 10.2. The van der Waals surface area contributed by atoms with E-state index in [1.807, 2.05) is 4.57 Å². The molecule has 0 saturated heterocycles. The zero-order valence-corrected chi connectivity index (χ0v) is 10.5. The van der Waals surface area contributed by atoms with E-state index in [9.17, 15) is 14.5 Å². The fourth-order valence-corrected chi connectivity index (χ4v) is 1.99. The summed E-state index contributed by atoms with van der Waals surface area (Å²) in [6.07, 6.45) is 3.88. The molecule has 0 radical (unpaired) electrons. The molecule has 2 aromatic rings. The summed E-state index contributed by atoms with van der Waals surface area (Å²) in [6.45, 7) is 0.325. The monoisotopic (exact) mass is 277 g/mol. The average molecular weight is 277 g/mol. The molecule has 1 aromatic heterocycles. The summed E-state index contributed by atoms with van der Waals surface area (Å²) >= 11 is 0. The number of nitro benzene ring substituents is 1. The molecule has 1 aromatic carbocycles. The Kier molecular flexibility index (Phi) is 3.05. The minimum Gasteiger partial charge on any atom is -0.375 e. The van der Waals surface area contributed by atoms with E-state index in [-0.39, 0.29) is 11.4 Å². The van der Waals surface area contributed by atoms with Gasteiger partial charge in [-0.15, -0.1) is 10.2 Å². The molecule has 0 bridgehead atoms. The number of aromatic nitrogens is 3. The molecule has 1 saturated carbocycles. The molecular formula is C12H12FN5O2. The Hall–Kier alpha value is -2.51. The molecule has 0 atom stereocenters. The molecule has 7 nitrogen and oxygen atoms in total. The van der Waals surface area contributed by atoms with Crippen LogP contribution < -0.4 is 5.32 Å². The van der Waals surface area contributed by atoms with Gasteiger partial charge < -0.3 is 9.88 Å². The van der Waals surface area contributed by atoms with E-state index < -0.39 is 10.7 Å². The van der Waals surface area contributed by atoms with Gasteiger partial charge in [0.15, 0.2) is 11.6 Å². The van der Waals surface area contributed by atoms with E-state index >= 15 is 0 Å². The van der Waals surface area contributed by atoms with Gasteiger partial charge >= 0.3 is 0 Å². The molecule has 1 heterocycles. The fourth-order valence-electron chi connectivity index (χ4n) is 1.99. The van der Waals surface area contributed by atoms with Gasteiger partial charge in [-0.2, -0.15) is 0 Å². The SMILES string of the molecule is O=[N+]([O-])c1ccc(NCc2nncn2C2CC2)c(F)c1. The quantitative estimate of drug-likeness (QED) is 0.669. The lowest BCUT2D eigenvalue weighted by Gasteiger charge is -2.08. The summed E-state index contributed by atoms with van der Waals surface area (Å²) in [5, 5.41) is 21.2. The van der Waals surface area contributed by atoms with Crippen molar-refractivity contribution in [2.24, 2.45) is 0 Å². The molecule has 0 spiro atoms. The Morgan fingerprint density at radius 1 is 1.50 bits per heavy atom. The summed E-state index contributed by atoms with van der Waals surface area (Å²) in [5.41, 5.74) is -0.0601. The van der Waals surface area contributed by atoms with Crippen LogP contribution in [0, 0.1) is 15.9 Å². The molecule has 1 aliphatic rings. The molecule has 1 aliphatic carbocycles. The normalized spacial score (nSPS) is 14.2. The second kappa shape index (κ2) is 4.87. The maximum absolute atomic E-state index is 13.7. The van der Waals surface area contributed by atoms with Crippen molar-refractivity contribution in [1.82, 2.24) is 14.8 Å². The number of benzene rings is 1. The second-order valence-electron chi connectivity index (χ2n) is 4.66. The van der Waals surface area contributed by atoms with Crippen molar-refractivity contribution >= 4 is 11.4 Å². The molecular weight excluding hydrogens is 265 g/mol. The predicted molar refractivity (Wildman–Crippen MR) is 68.7 cm³/mol. The van der Waals surface area contributed by atoms with E-state index in [1.54, 1.807) is 6.33 Å². The van der Waals surface area contributed by atoms with Crippen molar-refractivity contribution in [3.8, 4) is 0 Å². The van der Waals surface area contributed by atoms with Crippen LogP contribution in [0.3, 0.4) is 0 Å². The second-order valence-corrected chi connectivity index (χ2v) is 4.66. The molecule has 1 fully saturated rings. The van der Waals surface area contributed by atoms with Gasteiger partial charge in [-0.3, -0.25) is 10.1 Å². The Bertz CT molecular complexity index is 653. The minimum absolute atomic E-state index is 0.209. The van der Waals surface area contributed by atoms with Crippen LogP contribution in [0.1, 0.15) is 24.7 Å². The smallest absolute Gasteiger partial charge is 0.272 e. The molecule has 8 heteroatoms. The van der Waals surface area contributed by atoms with E-state index in [4.69, 9.17) is 0 Å². The van der Waals surface area contributed by atoms with Gasteiger partial charge in [0.2, 0.25) is 0 Å². The third kappa shape index (κ3) is 2.44. The van der Waals surface area contributed by atoms with Crippen molar-refractivity contribution < 1.29 is 9.31 Å². The largest absolute Gasteiger partial charge is 0.375 e. The zero-order valence-electron chi connectivity index (χ0n) is 10.5. The van der Waals surface area contributed by atoms with E-state index in [0.29, 0.717) is 12.6 Å². The van der Waals surface area contributed by atoms with Crippen LogP contribution in [0.4, 0.5) is 15.8 Å². The van der Waals surface area contributed by atoms with Gasteiger partial charge in [-0.1, -0.05) is 0 Å². The predicted octanol–water partition coefficient (Wildman–Crippen LogP) is 2.27. The Labute approximate surface area is 113 Å². The van der Waals surface area contributed by atoms with Crippen molar-refractivity contribution in [1.29, 1.82) is 0 Å². The third-order valence-corrected chi connectivity index (χ3v) is 3.19. The summed E-state index contributed by atoms with van der Waals surface area (Å²) in [5.74, 6) is 0.0712. The van der Waals surface area contributed by atoms with Crippen molar-refractivity contribution in [3.05, 3.63) is 46.3 Å². The van der Waals surface area contributed by atoms with Crippen LogP contribution in [-0.4, -0.2) is 19.7 Å². The first kappa shape index (κ1) is 12.5. The van der Waals surface area contributed by atoms with Gasteiger partial charge in [0.05, 0.1) is 23.2 Å². The third-order valence-electron chi connectivity index (χ3n) is 3.19. The Balaban J connectivity index is 1.71. The average Bonchev–Trinajstić information content (AvgIpc) is 3.16. The lowest BCUT2D eigenvalue weighted by Crippen LogP contribution is -2.08. The number of rotatable bonds is 5. The summed E-state index contributed by atoms with van der Waals surface area (Å²) in [6, 6.07) is 3.96. The van der Waals surface area contributed by atoms with Crippen molar-refractivity contribution in [2.75, 3.05) is 5.32 Å². The zero-order chi connectivity index (χ0) is 14.1. The van der Waals surface area contributed by atoms with Crippen LogP contribution in [0.25, 0.3) is 0 Å². The van der Waals surface area contributed by atoms with E-state index in [0.717, 1.165) is 24.7 Å². The molecule has 0 amide bonds. The van der Waals surface area contributed by atoms with E-state index in [2.05, 4.69) is 15.5 Å². The summed E-state index contributed by atoms with van der Waals surface area (Å²) < 4.78 is 15.7. The first-order valence-electron chi connectivity index (χ1n) is 6.21. The fraction of sp³-hybridized carbons (Fsp3) is 0.333. The standard InChI is InChI=1S/C12H12FN5O2/c13-10-5-9(18(19)20)3-4-11(10)14-6-12-16-15-7-17(12)8-1-2-8/h3-5,7-8,14H,1-2,6H2. The Morgan fingerprint density at radius 3 is 2.95 bits per heavy atom. The molecule has 1 N–H and O–H groups in total. The number of nitro groups is 1. The van der Waals surface area contributed by atoms with Crippen molar-refractivity contribution in [2.45, 2.75) is 25.4 Å². The van der Waals surface area contributed by atoms with Crippen LogP contribution >= 0.6 is 0 Å². The first-order valence-corrected chi connectivity index (χ1v) is 6.21. The van der Waals surface area contributed by atoms with Crippen LogP contribution in [0.15, 0.2) is 24.5 Å². The number of halogens is 1. The van der Waals surface area contributed by atoms with E-state index in [1.165, 1.54) is 12.1 Å². The number of nitrogens with one attached hydrogen (secondary N) is 1. The van der Waals surface area contributed by atoms with Crippen LogP contribution in [0.5, 0.6) is 0 Å². The molecule has 3 rings (SSSR count). The number of hydrogen-bond acceptors (Lipinski definition) is 5. The number of nitrogens with zero attached hydrogens (tertiary/aromatic N) is 4. The van der Waals surface area contributed by atoms with Gasteiger partial charge in [-0.05, 0) is 18.9 Å². The molecule has 0 aliphatic heterocycles. The van der Waals surface area contributed by atoms with Gasteiger partial charge in [-0.25, -0.2) is 4.39 Å². The van der Waals surface area contributed by atoms with Crippen molar-refractivity contribution in [3.63, 3.8) is 0 Å². The van der Waals surface area contributed by atoms with Gasteiger partial charge in [0.25, 0.3) is 5.69 Å². The minimum atomic E-state index is -0.656. The molecule has 0 unspecified atom stereocenters. The topological polar surface area (TPSA) is 85.9 Å². The van der Waals surface area contributed by atoms with Crippen LogP contribution in [0.2, 0.25) is 0 Å².